The summed E-state index contributed by atoms with van der Waals surface area (Å²) in [5.41, 5.74) is 7.10. The number of carbonyl (C=O) groups excluding carboxylic acids is 1. The monoisotopic (exact) mass is 478 g/mol. The first-order valence-corrected chi connectivity index (χ1v) is 12.3. The van der Waals surface area contributed by atoms with Crippen LogP contribution in [0.2, 0.25) is 0 Å². The van der Waals surface area contributed by atoms with Gasteiger partial charge in [0.25, 0.3) is 5.89 Å². The third-order valence-electron chi connectivity index (χ3n) is 6.66. The minimum atomic E-state index is -0.380. The third kappa shape index (κ3) is 4.93. The van der Waals surface area contributed by atoms with Gasteiger partial charge in [0.1, 0.15) is 0 Å². The first-order valence-electron chi connectivity index (χ1n) is 12.3. The summed E-state index contributed by atoms with van der Waals surface area (Å²) in [6, 6.07) is 26.0. The van der Waals surface area contributed by atoms with Gasteiger partial charge in [-0.3, -0.25) is 4.90 Å². The van der Waals surface area contributed by atoms with E-state index >= 15 is 0 Å². The number of hydrogen-bond acceptors (Lipinski definition) is 4. The van der Waals surface area contributed by atoms with E-state index in [0.717, 1.165) is 40.8 Å². The predicted octanol–water partition coefficient (Wildman–Crippen LogP) is 6.48. The van der Waals surface area contributed by atoms with Gasteiger partial charge in [0.05, 0.1) is 11.6 Å². The molecule has 1 aromatic heterocycles. The smallest absolute Gasteiger partial charge is 0.322 e. The molecule has 0 aliphatic carbocycles. The van der Waals surface area contributed by atoms with Crippen LogP contribution in [0.4, 0.5) is 4.79 Å². The van der Waals surface area contributed by atoms with Crippen LogP contribution in [0.25, 0.3) is 17.0 Å². The maximum Gasteiger partial charge on any atom is 0.322 e. The number of urea groups is 1. The molecular formula is C30H30N4O2. The molecule has 1 N–H and O–H groups in total. The normalized spacial score (nSPS) is 15.8. The summed E-state index contributed by atoms with van der Waals surface area (Å²) in [7, 11) is 0. The molecule has 6 heteroatoms. The largest absolute Gasteiger partial charge is 0.334 e. The zero-order valence-electron chi connectivity index (χ0n) is 20.9. The molecule has 5 rings (SSSR count). The van der Waals surface area contributed by atoms with Crippen molar-refractivity contribution in [2.75, 3.05) is 6.54 Å². The van der Waals surface area contributed by atoms with Crippen LogP contribution in [-0.4, -0.2) is 27.6 Å². The molecule has 4 aromatic rings. The average Bonchev–Trinajstić information content (AvgIpc) is 3.37. The van der Waals surface area contributed by atoms with Crippen molar-refractivity contribution in [3.63, 3.8) is 0 Å². The Bertz CT molecular complexity index is 1370. The molecule has 1 unspecified atom stereocenters. The number of aromatic nitrogens is 2. The molecule has 182 valence electrons. The molecule has 0 bridgehead atoms. The first-order chi connectivity index (χ1) is 17.5. The molecule has 3 aromatic carbocycles. The molecule has 1 aliphatic rings. The maximum absolute atomic E-state index is 13.2. The summed E-state index contributed by atoms with van der Waals surface area (Å²) < 4.78 is 5.80. The number of amides is 2. The number of aryl methyl sites for hydroxylation is 3. The molecule has 1 atom stereocenters. The minimum Gasteiger partial charge on any atom is -0.334 e. The Balaban J connectivity index is 1.49. The SMILES string of the molecule is CC1=C(c2nc(-c3ccc(C)cc3)no2)C(c2ccc(C)cc2)NC(=O)N1CCCc1ccccc1. The summed E-state index contributed by atoms with van der Waals surface area (Å²) in [4.78, 5) is 19.8. The lowest BCUT2D eigenvalue weighted by atomic mass is 9.94. The number of nitrogens with zero attached hydrogens (tertiary/aromatic N) is 3. The zero-order chi connectivity index (χ0) is 25.1. The van der Waals surface area contributed by atoms with E-state index in [-0.39, 0.29) is 12.1 Å². The van der Waals surface area contributed by atoms with Gasteiger partial charge in [0, 0.05) is 17.8 Å². The molecule has 36 heavy (non-hydrogen) atoms. The third-order valence-corrected chi connectivity index (χ3v) is 6.66. The molecule has 0 spiro atoms. The Morgan fingerprint density at radius 1 is 0.889 bits per heavy atom. The van der Waals surface area contributed by atoms with Crippen LogP contribution in [0.5, 0.6) is 0 Å². The van der Waals surface area contributed by atoms with Crippen molar-refractivity contribution in [2.24, 2.45) is 0 Å². The van der Waals surface area contributed by atoms with Crippen LogP contribution in [0.3, 0.4) is 0 Å². The van der Waals surface area contributed by atoms with Crippen molar-refractivity contribution < 1.29 is 9.32 Å². The highest BCUT2D eigenvalue weighted by Gasteiger charge is 2.35. The van der Waals surface area contributed by atoms with Crippen molar-refractivity contribution in [2.45, 2.75) is 39.7 Å². The van der Waals surface area contributed by atoms with E-state index in [9.17, 15) is 4.79 Å². The highest BCUT2D eigenvalue weighted by molar-refractivity contribution is 5.86. The number of carbonyl (C=O) groups is 1. The fourth-order valence-electron chi connectivity index (χ4n) is 4.58. The Hall–Kier alpha value is -4.19. The summed E-state index contributed by atoms with van der Waals surface area (Å²) in [6.07, 6.45) is 1.74. The Morgan fingerprint density at radius 3 is 2.25 bits per heavy atom. The maximum atomic E-state index is 13.2. The predicted molar refractivity (Wildman–Crippen MR) is 141 cm³/mol. The highest BCUT2D eigenvalue weighted by Crippen LogP contribution is 2.37. The molecule has 0 fully saturated rings. The Labute approximate surface area is 211 Å². The molecule has 0 saturated carbocycles. The van der Waals surface area contributed by atoms with Gasteiger partial charge in [-0.15, -0.1) is 0 Å². The lowest BCUT2D eigenvalue weighted by molar-refractivity contribution is 0.204. The van der Waals surface area contributed by atoms with Crippen LogP contribution in [0.15, 0.2) is 89.1 Å². The zero-order valence-corrected chi connectivity index (χ0v) is 20.9. The van der Waals surface area contributed by atoms with E-state index in [1.54, 1.807) is 4.90 Å². The Morgan fingerprint density at radius 2 is 1.56 bits per heavy atom. The van der Waals surface area contributed by atoms with Gasteiger partial charge in [-0.2, -0.15) is 4.98 Å². The van der Waals surface area contributed by atoms with Crippen molar-refractivity contribution in [1.29, 1.82) is 0 Å². The quantitative estimate of drug-likeness (QED) is 0.330. The van der Waals surface area contributed by atoms with Gasteiger partial charge >= 0.3 is 6.03 Å². The first kappa shape index (κ1) is 23.5. The number of benzene rings is 3. The molecule has 6 nitrogen and oxygen atoms in total. The topological polar surface area (TPSA) is 71.3 Å². The van der Waals surface area contributed by atoms with Crippen LogP contribution < -0.4 is 5.32 Å². The molecule has 2 amide bonds. The lowest BCUT2D eigenvalue weighted by Gasteiger charge is -2.35. The van der Waals surface area contributed by atoms with Crippen LogP contribution in [-0.2, 0) is 6.42 Å². The second kappa shape index (κ2) is 10.2. The van der Waals surface area contributed by atoms with Gasteiger partial charge in [-0.25, -0.2) is 4.79 Å². The fourth-order valence-corrected chi connectivity index (χ4v) is 4.58. The lowest BCUT2D eigenvalue weighted by Crippen LogP contribution is -2.46. The number of hydrogen-bond donors (Lipinski definition) is 1. The average molecular weight is 479 g/mol. The standard InChI is InChI=1S/C30H30N4O2/c1-20-11-15-24(16-12-20)27-26(29-32-28(33-36-29)25-17-13-21(2)14-18-25)22(3)34(30(35)31-27)19-7-10-23-8-5-4-6-9-23/h4-6,8-9,11-18,27H,7,10,19H2,1-3H3,(H,31,35). The molecule has 0 saturated heterocycles. The van der Waals surface area contributed by atoms with E-state index in [4.69, 9.17) is 9.51 Å². The highest BCUT2D eigenvalue weighted by atomic mass is 16.5. The summed E-state index contributed by atoms with van der Waals surface area (Å²) >= 11 is 0. The summed E-state index contributed by atoms with van der Waals surface area (Å²) in [5.74, 6) is 0.946. The van der Waals surface area contributed by atoms with E-state index in [1.807, 2.05) is 87.5 Å². The van der Waals surface area contributed by atoms with Crippen LogP contribution in [0.1, 0.15) is 47.5 Å². The van der Waals surface area contributed by atoms with Crippen LogP contribution in [0, 0.1) is 13.8 Å². The van der Waals surface area contributed by atoms with E-state index < -0.39 is 0 Å². The van der Waals surface area contributed by atoms with E-state index in [1.165, 1.54) is 11.1 Å². The number of nitrogens with one attached hydrogen (secondary N) is 1. The minimum absolute atomic E-state index is 0.117. The van der Waals surface area contributed by atoms with Crippen molar-refractivity contribution in [1.82, 2.24) is 20.4 Å². The van der Waals surface area contributed by atoms with Gasteiger partial charge in [-0.1, -0.05) is 95.1 Å². The summed E-state index contributed by atoms with van der Waals surface area (Å²) in [5, 5.41) is 7.45. The van der Waals surface area contributed by atoms with Gasteiger partial charge < -0.3 is 9.84 Å². The molecular weight excluding hydrogens is 448 g/mol. The van der Waals surface area contributed by atoms with Gasteiger partial charge in [0.2, 0.25) is 5.82 Å². The van der Waals surface area contributed by atoms with Crippen molar-refractivity contribution >= 4 is 11.6 Å². The fraction of sp³-hybridized carbons (Fsp3) is 0.233. The van der Waals surface area contributed by atoms with Crippen LogP contribution >= 0.6 is 0 Å². The van der Waals surface area contributed by atoms with Gasteiger partial charge in [-0.05, 0) is 44.7 Å². The van der Waals surface area contributed by atoms with Gasteiger partial charge in [0.15, 0.2) is 0 Å². The Kier molecular flexibility index (Phi) is 6.67. The summed E-state index contributed by atoms with van der Waals surface area (Å²) in [6.45, 7) is 6.65. The second-order valence-electron chi connectivity index (χ2n) is 9.32. The molecule has 2 heterocycles. The van der Waals surface area contributed by atoms with E-state index in [2.05, 4.69) is 22.6 Å². The van der Waals surface area contributed by atoms with Crippen molar-refractivity contribution in [3.8, 4) is 11.4 Å². The molecule has 1 aliphatic heterocycles. The number of allylic oxidation sites excluding steroid dienone is 1. The van der Waals surface area contributed by atoms with Crippen molar-refractivity contribution in [3.05, 3.63) is 113 Å². The molecule has 0 radical (unpaired) electrons. The number of rotatable bonds is 7. The van der Waals surface area contributed by atoms with E-state index in [0.29, 0.717) is 18.3 Å². The second-order valence-corrected chi connectivity index (χ2v) is 9.32.